The summed E-state index contributed by atoms with van der Waals surface area (Å²) in [7, 11) is 1.56. The molecule has 0 aliphatic heterocycles. The summed E-state index contributed by atoms with van der Waals surface area (Å²) in [6.45, 7) is 4.01. The van der Waals surface area contributed by atoms with E-state index in [1.165, 1.54) is 0 Å². The van der Waals surface area contributed by atoms with Crippen LogP contribution in [0.25, 0.3) is 0 Å². The van der Waals surface area contributed by atoms with E-state index in [2.05, 4.69) is 15.9 Å². The number of rotatable bonds is 3. The zero-order valence-electron chi connectivity index (χ0n) is 8.96. The molecule has 3 nitrogen and oxygen atoms in total. The van der Waals surface area contributed by atoms with E-state index in [0.717, 1.165) is 10.0 Å². The Morgan fingerprint density at radius 1 is 1.47 bits per heavy atom. The van der Waals surface area contributed by atoms with Crippen molar-refractivity contribution in [1.82, 2.24) is 0 Å². The molecule has 1 aromatic rings. The van der Waals surface area contributed by atoms with Gasteiger partial charge in [-0.3, -0.25) is 0 Å². The van der Waals surface area contributed by atoms with E-state index >= 15 is 0 Å². The van der Waals surface area contributed by atoms with Crippen LogP contribution in [0.2, 0.25) is 0 Å². The van der Waals surface area contributed by atoms with Crippen molar-refractivity contribution < 1.29 is 14.3 Å². The molecule has 0 N–H and O–H groups in total. The molecule has 0 bridgehead atoms. The number of hydrogen-bond donors (Lipinski definition) is 0. The van der Waals surface area contributed by atoms with E-state index in [-0.39, 0.29) is 5.97 Å². The second kappa shape index (κ2) is 5.16. The number of methoxy groups -OCH3 is 1. The van der Waals surface area contributed by atoms with E-state index in [9.17, 15) is 4.79 Å². The first kappa shape index (κ1) is 12.0. The molecule has 1 aromatic carbocycles. The fraction of sp³-hybridized carbons (Fsp3) is 0.364. The molecule has 0 atom stereocenters. The normalized spacial score (nSPS) is 9.87. The first-order valence-electron chi connectivity index (χ1n) is 4.61. The molecule has 4 heteroatoms. The SMILES string of the molecule is CCOC(=O)c1cc(OC)cc(Br)c1C. The summed E-state index contributed by atoms with van der Waals surface area (Å²) in [4.78, 5) is 11.6. The van der Waals surface area contributed by atoms with Gasteiger partial charge in [0, 0.05) is 4.47 Å². The third-order valence-electron chi connectivity index (χ3n) is 2.05. The molecule has 0 radical (unpaired) electrons. The lowest BCUT2D eigenvalue weighted by Gasteiger charge is -2.09. The highest BCUT2D eigenvalue weighted by Crippen LogP contribution is 2.26. The summed E-state index contributed by atoms with van der Waals surface area (Å²) in [5, 5.41) is 0. The standard InChI is InChI=1S/C11H13BrO3/c1-4-15-11(13)9-5-8(14-3)6-10(12)7(9)2/h5-6H,4H2,1-3H3. The zero-order valence-corrected chi connectivity index (χ0v) is 10.6. The zero-order chi connectivity index (χ0) is 11.4. The van der Waals surface area contributed by atoms with Crippen molar-refractivity contribution in [3.05, 3.63) is 27.7 Å². The average molecular weight is 273 g/mol. The molecule has 0 aliphatic rings. The lowest BCUT2D eigenvalue weighted by molar-refractivity contribution is 0.0525. The predicted octanol–water partition coefficient (Wildman–Crippen LogP) is 2.94. The monoisotopic (exact) mass is 272 g/mol. The van der Waals surface area contributed by atoms with Crippen molar-refractivity contribution in [2.75, 3.05) is 13.7 Å². The Balaban J connectivity index is 3.15. The van der Waals surface area contributed by atoms with Gasteiger partial charge in [-0.1, -0.05) is 15.9 Å². The van der Waals surface area contributed by atoms with Gasteiger partial charge in [0.05, 0.1) is 19.3 Å². The molecule has 1 rings (SSSR count). The number of esters is 1. The van der Waals surface area contributed by atoms with Gasteiger partial charge in [-0.25, -0.2) is 4.79 Å². The summed E-state index contributed by atoms with van der Waals surface area (Å²) in [6.07, 6.45) is 0. The average Bonchev–Trinajstić information content (AvgIpc) is 2.22. The molecule has 0 saturated carbocycles. The van der Waals surface area contributed by atoms with Crippen molar-refractivity contribution in [3.63, 3.8) is 0 Å². The van der Waals surface area contributed by atoms with E-state index in [1.54, 1.807) is 20.1 Å². The number of benzene rings is 1. The summed E-state index contributed by atoms with van der Waals surface area (Å²) < 4.78 is 10.9. The van der Waals surface area contributed by atoms with Crippen LogP contribution in [-0.4, -0.2) is 19.7 Å². The Morgan fingerprint density at radius 3 is 2.67 bits per heavy atom. The van der Waals surface area contributed by atoms with Gasteiger partial charge in [0.25, 0.3) is 0 Å². The van der Waals surface area contributed by atoms with Gasteiger partial charge in [0.15, 0.2) is 0 Å². The molecule has 0 heterocycles. The Bertz CT molecular complexity index is 374. The van der Waals surface area contributed by atoms with Gasteiger partial charge in [0.2, 0.25) is 0 Å². The minimum atomic E-state index is -0.324. The largest absolute Gasteiger partial charge is 0.497 e. The number of carbonyl (C=O) groups excluding carboxylic acids is 1. The van der Waals surface area contributed by atoms with Gasteiger partial charge in [0.1, 0.15) is 5.75 Å². The Morgan fingerprint density at radius 2 is 2.13 bits per heavy atom. The second-order valence-electron chi connectivity index (χ2n) is 3.00. The van der Waals surface area contributed by atoms with Crippen LogP contribution in [0.3, 0.4) is 0 Å². The maximum Gasteiger partial charge on any atom is 0.338 e. The quantitative estimate of drug-likeness (QED) is 0.794. The minimum absolute atomic E-state index is 0.324. The highest BCUT2D eigenvalue weighted by Gasteiger charge is 2.13. The van der Waals surface area contributed by atoms with Crippen LogP contribution in [0, 0.1) is 6.92 Å². The lowest BCUT2D eigenvalue weighted by atomic mass is 10.1. The Labute approximate surface area is 97.5 Å². The molecule has 0 unspecified atom stereocenters. The van der Waals surface area contributed by atoms with Crippen molar-refractivity contribution in [2.45, 2.75) is 13.8 Å². The lowest BCUT2D eigenvalue weighted by Crippen LogP contribution is -2.07. The van der Waals surface area contributed by atoms with Crippen molar-refractivity contribution in [1.29, 1.82) is 0 Å². The molecular weight excluding hydrogens is 260 g/mol. The van der Waals surface area contributed by atoms with Gasteiger partial charge in [-0.05, 0) is 31.5 Å². The van der Waals surface area contributed by atoms with Crippen LogP contribution in [0.1, 0.15) is 22.8 Å². The Hall–Kier alpha value is -1.03. The van der Waals surface area contributed by atoms with Crippen molar-refractivity contribution in [3.8, 4) is 5.75 Å². The smallest absolute Gasteiger partial charge is 0.338 e. The molecule has 0 fully saturated rings. The number of hydrogen-bond acceptors (Lipinski definition) is 3. The fourth-order valence-corrected chi connectivity index (χ4v) is 1.63. The van der Waals surface area contributed by atoms with Crippen molar-refractivity contribution >= 4 is 21.9 Å². The van der Waals surface area contributed by atoms with Crippen LogP contribution < -0.4 is 4.74 Å². The second-order valence-corrected chi connectivity index (χ2v) is 3.86. The number of halogens is 1. The molecule has 0 spiro atoms. The first-order valence-corrected chi connectivity index (χ1v) is 5.40. The molecule has 15 heavy (non-hydrogen) atoms. The van der Waals surface area contributed by atoms with Crippen LogP contribution >= 0.6 is 15.9 Å². The molecule has 0 aliphatic carbocycles. The molecular formula is C11H13BrO3. The van der Waals surface area contributed by atoms with Gasteiger partial charge in [-0.2, -0.15) is 0 Å². The summed E-state index contributed by atoms with van der Waals surface area (Å²) in [5.41, 5.74) is 1.39. The minimum Gasteiger partial charge on any atom is -0.497 e. The van der Waals surface area contributed by atoms with Crippen LogP contribution in [0.5, 0.6) is 5.75 Å². The van der Waals surface area contributed by atoms with Crippen molar-refractivity contribution in [2.24, 2.45) is 0 Å². The summed E-state index contributed by atoms with van der Waals surface area (Å²) >= 11 is 3.37. The van der Waals surface area contributed by atoms with E-state index in [0.29, 0.717) is 17.9 Å². The summed E-state index contributed by atoms with van der Waals surface area (Å²) in [6, 6.07) is 3.50. The third-order valence-corrected chi connectivity index (χ3v) is 2.87. The van der Waals surface area contributed by atoms with Gasteiger partial charge >= 0.3 is 5.97 Å². The van der Waals surface area contributed by atoms with Crippen LogP contribution in [0.4, 0.5) is 0 Å². The molecule has 0 aromatic heterocycles. The van der Waals surface area contributed by atoms with Gasteiger partial charge < -0.3 is 9.47 Å². The van der Waals surface area contributed by atoms with Crippen LogP contribution in [-0.2, 0) is 4.74 Å². The number of carbonyl (C=O) groups is 1. The Kier molecular flexibility index (Phi) is 4.15. The third kappa shape index (κ3) is 2.72. The predicted molar refractivity (Wildman–Crippen MR) is 61.4 cm³/mol. The molecule has 0 amide bonds. The van der Waals surface area contributed by atoms with Crippen LogP contribution in [0.15, 0.2) is 16.6 Å². The van der Waals surface area contributed by atoms with E-state index in [1.807, 2.05) is 13.0 Å². The highest BCUT2D eigenvalue weighted by atomic mass is 79.9. The van der Waals surface area contributed by atoms with E-state index in [4.69, 9.17) is 9.47 Å². The number of ether oxygens (including phenoxy) is 2. The summed E-state index contributed by atoms with van der Waals surface area (Å²) in [5.74, 6) is 0.310. The first-order chi connectivity index (χ1) is 7.10. The maximum absolute atomic E-state index is 11.6. The highest BCUT2D eigenvalue weighted by molar-refractivity contribution is 9.10. The van der Waals surface area contributed by atoms with Gasteiger partial charge in [-0.15, -0.1) is 0 Å². The maximum atomic E-state index is 11.6. The molecule has 82 valence electrons. The topological polar surface area (TPSA) is 35.5 Å². The fourth-order valence-electron chi connectivity index (χ4n) is 1.19. The van der Waals surface area contributed by atoms with E-state index < -0.39 is 0 Å². The molecule has 0 saturated heterocycles.